The van der Waals surface area contributed by atoms with Crippen molar-refractivity contribution in [2.75, 3.05) is 6.61 Å². The third-order valence-electron chi connectivity index (χ3n) is 8.40. The summed E-state index contributed by atoms with van der Waals surface area (Å²) < 4.78 is 6.21. The summed E-state index contributed by atoms with van der Waals surface area (Å²) in [6.45, 7) is 12.8. The Morgan fingerprint density at radius 3 is 2.16 bits per heavy atom. The molecule has 176 valence electrons. The zero-order valence-corrected chi connectivity index (χ0v) is 21.2. The predicted octanol–water partition coefficient (Wildman–Crippen LogP) is 9.26. The van der Waals surface area contributed by atoms with Gasteiger partial charge in [0.05, 0.1) is 6.61 Å². The van der Waals surface area contributed by atoms with Gasteiger partial charge in [0.25, 0.3) is 0 Å². The van der Waals surface area contributed by atoms with Crippen LogP contribution in [0.15, 0.2) is 24.3 Å². The van der Waals surface area contributed by atoms with Gasteiger partial charge < -0.3 is 4.74 Å². The molecule has 0 saturated heterocycles. The van der Waals surface area contributed by atoms with Crippen LogP contribution in [0, 0.1) is 35.5 Å². The molecule has 0 bridgehead atoms. The van der Waals surface area contributed by atoms with E-state index in [0.29, 0.717) is 5.92 Å². The first-order chi connectivity index (χ1) is 14.9. The van der Waals surface area contributed by atoms with Crippen LogP contribution in [0.4, 0.5) is 0 Å². The summed E-state index contributed by atoms with van der Waals surface area (Å²) in [7, 11) is 0. The molecular weight excluding hydrogens is 376 g/mol. The molecule has 0 radical (unpaired) electrons. The van der Waals surface area contributed by atoms with Crippen molar-refractivity contribution in [1.29, 1.82) is 0 Å². The fraction of sp³-hybridized carbons (Fsp3) is 0.800. The smallest absolute Gasteiger partial charge is 0.119 e. The van der Waals surface area contributed by atoms with Crippen LogP contribution in [0.1, 0.15) is 117 Å². The molecule has 2 aliphatic rings. The maximum atomic E-state index is 6.21. The summed E-state index contributed by atoms with van der Waals surface area (Å²) in [5.74, 6) is 7.06. The van der Waals surface area contributed by atoms with Crippen molar-refractivity contribution < 1.29 is 4.74 Å². The Balaban J connectivity index is 1.38. The van der Waals surface area contributed by atoms with E-state index in [1.165, 1.54) is 76.2 Å². The molecule has 2 fully saturated rings. The predicted molar refractivity (Wildman–Crippen MR) is 135 cm³/mol. The second-order valence-corrected chi connectivity index (χ2v) is 11.8. The van der Waals surface area contributed by atoms with Gasteiger partial charge in [-0.3, -0.25) is 0 Å². The maximum Gasteiger partial charge on any atom is 0.119 e. The van der Waals surface area contributed by atoms with Crippen LogP contribution in [0.2, 0.25) is 0 Å². The number of ether oxygens (including phenoxy) is 1. The molecule has 4 unspecified atom stereocenters. The van der Waals surface area contributed by atoms with Crippen LogP contribution >= 0.6 is 0 Å². The van der Waals surface area contributed by atoms with Gasteiger partial charge in [-0.05, 0) is 110 Å². The van der Waals surface area contributed by atoms with Crippen LogP contribution in [0.5, 0.6) is 5.75 Å². The molecule has 1 nitrogen and oxygen atoms in total. The standard InChI is InChI=1S/C30H50O/c1-6-7-25-10-13-29(24(5)20-25)19-23(4)21-31-30-16-14-28(15-17-30)27-11-8-26(9-12-27)18-22(2)3/h14-17,22-27,29H,6-13,18-21H2,1-5H3. The van der Waals surface area contributed by atoms with Crippen molar-refractivity contribution in [1.82, 2.24) is 0 Å². The van der Waals surface area contributed by atoms with Crippen molar-refractivity contribution in [3.63, 3.8) is 0 Å². The fourth-order valence-corrected chi connectivity index (χ4v) is 6.65. The first-order valence-corrected chi connectivity index (χ1v) is 13.7. The summed E-state index contributed by atoms with van der Waals surface area (Å²) in [6.07, 6.45) is 15.4. The van der Waals surface area contributed by atoms with E-state index in [2.05, 4.69) is 58.9 Å². The Bertz CT molecular complexity index is 610. The highest BCUT2D eigenvalue weighted by Gasteiger charge is 2.28. The SMILES string of the molecule is CCCC1CCC(CC(C)COc2ccc(C3CCC(CC(C)C)CC3)cc2)C(C)C1. The van der Waals surface area contributed by atoms with E-state index >= 15 is 0 Å². The lowest BCUT2D eigenvalue weighted by molar-refractivity contribution is 0.143. The summed E-state index contributed by atoms with van der Waals surface area (Å²) in [6, 6.07) is 9.12. The zero-order valence-electron chi connectivity index (χ0n) is 21.2. The van der Waals surface area contributed by atoms with Gasteiger partial charge in [-0.1, -0.05) is 66.0 Å². The largest absolute Gasteiger partial charge is 0.493 e. The van der Waals surface area contributed by atoms with Crippen molar-refractivity contribution in [3.05, 3.63) is 29.8 Å². The Hall–Kier alpha value is -0.980. The Morgan fingerprint density at radius 2 is 1.55 bits per heavy atom. The molecule has 0 heterocycles. The van der Waals surface area contributed by atoms with Gasteiger partial charge in [-0.2, -0.15) is 0 Å². The normalized spacial score (nSPS) is 30.3. The van der Waals surface area contributed by atoms with Crippen molar-refractivity contribution in [2.24, 2.45) is 35.5 Å². The summed E-state index contributed by atoms with van der Waals surface area (Å²) >= 11 is 0. The van der Waals surface area contributed by atoms with Gasteiger partial charge >= 0.3 is 0 Å². The van der Waals surface area contributed by atoms with Crippen LogP contribution in [-0.4, -0.2) is 6.61 Å². The molecule has 0 amide bonds. The van der Waals surface area contributed by atoms with E-state index in [-0.39, 0.29) is 0 Å². The highest BCUT2D eigenvalue weighted by molar-refractivity contribution is 5.29. The van der Waals surface area contributed by atoms with Crippen LogP contribution < -0.4 is 4.74 Å². The van der Waals surface area contributed by atoms with E-state index in [9.17, 15) is 0 Å². The molecule has 0 aliphatic heterocycles. The van der Waals surface area contributed by atoms with E-state index < -0.39 is 0 Å². The second kappa shape index (κ2) is 12.3. The third-order valence-corrected chi connectivity index (χ3v) is 8.40. The van der Waals surface area contributed by atoms with Crippen LogP contribution in [0.25, 0.3) is 0 Å². The highest BCUT2D eigenvalue weighted by Crippen LogP contribution is 2.40. The van der Waals surface area contributed by atoms with Crippen LogP contribution in [-0.2, 0) is 0 Å². The monoisotopic (exact) mass is 426 g/mol. The molecular formula is C30H50O. The molecule has 2 aliphatic carbocycles. The van der Waals surface area contributed by atoms with Gasteiger partial charge in [0, 0.05) is 0 Å². The summed E-state index contributed by atoms with van der Waals surface area (Å²) in [5.41, 5.74) is 1.53. The lowest BCUT2D eigenvalue weighted by atomic mass is 9.71. The average molecular weight is 427 g/mol. The minimum atomic E-state index is 0.645. The minimum absolute atomic E-state index is 0.645. The molecule has 3 rings (SSSR count). The van der Waals surface area contributed by atoms with Gasteiger partial charge in [-0.15, -0.1) is 0 Å². The van der Waals surface area contributed by atoms with Crippen molar-refractivity contribution in [3.8, 4) is 5.75 Å². The lowest BCUT2D eigenvalue weighted by Crippen LogP contribution is -2.25. The van der Waals surface area contributed by atoms with E-state index in [0.717, 1.165) is 47.9 Å². The first kappa shape index (κ1) is 24.7. The lowest BCUT2D eigenvalue weighted by Gasteiger charge is -2.35. The third kappa shape index (κ3) is 7.83. The van der Waals surface area contributed by atoms with E-state index in [1.807, 2.05) is 0 Å². The molecule has 0 spiro atoms. The van der Waals surface area contributed by atoms with Gasteiger partial charge in [0.2, 0.25) is 0 Å². The average Bonchev–Trinajstić information content (AvgIpc) is 2.75. The molecule has 0 N–H and O–H groups in total. The van der Waals surface area contributed by atoms with Gasteiger partial charge in [0.15, 0.2) is 0 Å². The quantitative estimate of drug-likeness (QED) is 0.362. The van der Waals surface area contributed by atoms with Crippen molar-refractivity contribution >= 4 is 0 Å². The van der Waals surface area contributed by atoms with Crippen LogP contribution in [0.3, 0.4) is 0 Å². The van der Waals surface area contributed by atoms with E-state index in [4.69, 9.17) is 4.74 Å². The molecule has 31 heavy (non-hydrogen) atoms. The molecule has 1 heteroatoms. The fourth-order valence-electron chi connectivity index (χ4n) is 6.65. The minimum Gasteiger partial charge on any atom is -0.493 e. The number of rotatable bonds is 10. The Kier molecular flexibility index (Phi) is 9.79. The molecule has 1 aromatic rings. The number of hydrogen-bond acceptors (Lipinski definition) is 1. The number of hydrogen-bond donors (Lipinski definition) is 0. The number of benzene rings is 1. The molecule has 2 saturated carbocycles. The zero-order chi connectivity index (χ0) is 22.2. The Morgan fingerprint density at radius 1 is 0.871 bits per heavy atom. The van der Waals surface area contributed by atoms with Gasteiger partial charge in [-0.25, -0.2) is 0 Å². The first-order valence-electron chi connectivity index (χ1n) is 13.7. The highest BCUT2D eigenvalue weighted by atomic mass is 16.5. The maximum absolute atomic E-state index is 6.21. The molecule has 1 aromatic carbocycles. The summed E-state index contributed by atoms with van der Waals surface area (Å²) in [5, 5.41) is 0. The summed E-state index contributed by atoms with van der Waals surface area (Å²) in [4.78, 5) is 0. The second-order valence-electron chi connectivity index (χ2n) is 11.8. The Labute approximate surface area is 193 Å². The topological polar surface area (TPSA) is 9.23 Å². The molecule has 0 aromatic heterocycles. The van der Waals surface area contributed by atoms with Gasteiger partial charge in [0.1, 0.15) is 5.75 Å². The molecule has 4 atom stereocenters. The van der Waals surface area contributed by atoms with Crippen molar-refractivity contribution in [2.45, 2.75) is 111 Å². The van der Waals surface area contributed by atoms with E-state index in [1.54, 1.807) is 0 Å².